The Labute approximate surface area is 378 Å². The molecule has 0 atom stereocenters. The van der Waals surface area contributed by atoms with Crippen LogP contribution in [0, 0.1) is 0 Å². The zero-order valence-corrected chi connectivity index (χ0v) is 36.2. The molecule has 11 aromatic carbocycles. The molecule has 1 aliphatic rings. The van der Waals surface area contributed by atoms with Gasteiger partial charge in [0.1, 0.15) is 11.2 Å². The van der Waals surface area contributed by atoms with E-state index in [4.69, 9.17) is 4.42 Å². The third kappa shape index (κ3) is 5.81. The molecule has 0 unspecified atom stereocenters. The minimum atomic E-state index is -0.127. The van der Waals surface area contributed by atoms with Gasteiger partial charge in [-0.25, -0.2) is 0 Å². The predicted octanol–water partition coefficient (Wildman–Crippen LogP) is 17.8. The first-order valence-corrected chi connectivity index (χ1v) is 22.6. The van der Waals surface area contributed by atoms with Gasteiger partial charge in [-0.15, -0.1) is 0 Å². The van der Waals surface area contributed by atoms with Gasteiger partial charge < -0.3 is 9.32 Å². The number of anilines is 3. The Balaban J connectivity index is 0.960. The smallest absolute Gasteiger partial charge is 0.136 e. The van der Waals surface area contributed by atoms with E-state index in [-0.39, 0.29) is 5.41 Å². The van der Waals surface area contributed by atoms with Crippen molar-refractivity contribution in [3.05, 3.63) is 236 Å². The molecule has 0 saturated heterocycles. The van der Waals surface area contributed by atoms with Crippen LogP contribution < -0.4 is 4.90 Å². The first-order valence-electron chi connectivity index (χ1n) is 22.6. The molecule has 1 aromatic heterocycles. The lowest BCUT2D eigenvalue weighted by Crippen LogP contribution is -2.16. The maximum absolute atomic E-state index is 6.40. The maximum Gasteiger partial charge on any atom is 0.136 e. The van der Waals surface area contributed by atoms with E-state index >= 15 is 0 Å². The van der Waals surface area contributed by atoms with Gasteiger partial charge in [-0.1, -0.05) is 184 Å². The van der Waals surface area contributed by atoms with Gasteiger partial charge in [-0.05, 0) is 137 Å². The van der Waals surface area contributed by atoms with Crippen molar-refractivity contribution in [2.75, 3.05) is 4.90 Å². The molecular weight excluding hydrogens is 787 g/mol. The van der Waals surface area contributed by atoms with Crippen molar-refractivity contribution in [1.29, 1.82) is 0 Å². The van der Waals surface area contributed by atoms with Gasteiger partial charge in [0.25, 0.3) is 0 Å². The second-order valence-corrected chi connectivity index (χ2v) is 18.0. The molecule has 0 radical (unpaired) electrons. The van der Waals surface area contributed by atoms with Crippen LogP contribution in [0.2, 0.25) is 0 Å². The van der Waals surface area contributed by atoms with Crippen LogP contribution >= 0.6 is 0 Å². The first-order chi connectivity index (χ1) is 32.0. The number of hydrogen-bond acceptors (Lipinski definition) is 2. The number of para-hydroxylation sites is 1. The Bertz CT molecular complexity index is 3810. The van der Waals surface area contributed by atoms with E-state index < -0.39 is 0 Å². The molecule has 0 N–H and O–H groups in total. The zero-order chi connectivity index (χ0) is 43.2. The molecule has 13 rings (SSSR count). The predicted molar refractivity (Wildman–Crippen MR) is 275 cm³/mol. The van der Waals surface area contributed by atoms with Crippen molar-refractivity contribution in [3.63, 3.8) is 0 Å². The summed E-state index contributed by atoms with van der Waals surface area (Å²) in [6.07, 6.45) is 0. The summed E-state index contributed by atoms with van der Waals surface area (Å²) in [4.78, 5) is 2.43. The van der Waals surface area contributed by atoms with E-state index in [2.05, 4.69) is 237 Å². The number of benzene rings is 11. The average molecular weight is 830 g/mol. The van der Waals surface area contributed by atoms with Crippen LogP contribution in [0.15, 0.2) is 229 Å². The second kappa shape index (κ2) is 14.4. The molecular formula is C63H43NO. The zero-order valence-electron chi connectivity index (χ0n) is 36.2. The van der Waals surface area contributed by atoms with Crippen LogP contribution in [0.1, 0.15) is 25.0 Å². The van der Waals surface area contributed by atoms with Gasteiger partial charge in [-0.2, -0.15) is 0 Å². The highest BCUT2D eigenvalue weighted by Gasteiger charge is 2.35. The normalized spacial score (nSPS) is 12.9. The van der Waals surface area contributed by atoms with Crippen LogP contribution in [0.4, 0.5) is 17.1 Å². The van der Waals surface area contributed by atoms with Crippen molar-refractivity contribution in [2.24, 2.45) is 0 Å². The van der Waals surface area contributed by atoms with E-state index in [0.717, 1.165) is 33.6 Å². The fourth-order valence-corrected chi connectivity index (χ4v) is 10.9. The van der Waals surface area contributed by atoms with E-state index in [1.54, 1.807) is 0 Å². The van der Waals surface area contributed by atoms with Crippen molar-refractivity contribution in [2.45, 2.75) is 19.3 Å². The molecule has 0 amide bonds. The topological polar surface area (TPSA) is 16.4 Å². The molecule has 2 heteroatoms. The number of furan rings is 1. The molecule has 1 heterocycles. The Morgan fingerprint density at radius 1 is 0.308 bits per heavy atom. The van der Waals surface area contributed by atoms with E-state index in [1.807, 2.05) is 6.07 Å². The van der Waals surface area contributed by atoms with E-state index in [0.29, 0.717) is 0 Å². The third-order valence-corrected chi connectivity index (χ3v) is 14.1. The van der Waals surface area contributed by atoms with E-state index in [9.17, 15) is 0 Å². The summed E-state index contributed by atoms with van der Waals surface area (Å²) in [6.45, 7) is 4.72. The molecule has 0 bridgehead atoms. The van der Waals surface area contributed by atoms with Crippen molar-refractivity contribution < 1.29 is 4.42 Å². The molecule has 1 aliphatic carbocycles. The van der Waals surface area contributed by atoms with Gasteiger partial charge in [0.15, 0.2) is 0 Å². The monoisotopic (exact) mass is 829 g/mol. The summed E-state index contributed by atoms with van der Waals surface area (Å²) in [5, 5.41) is 9.79. The van der Waals surface area contributed by atoms with Crippen LogP contribution in [0.3, 0.4) is 0 Å². The highest BCUT2D eigenvalue weighted by molar-refractivity contribution is 6.36. The van der Waals surface area contributed by atoms with Gasteiger partial charge in [0.05, 0.1) is 0 Å². The minimum absolute atomic E-state index is 0.127. The van der Waals surface area contributed by atoms with Gasteiger partial charge in [0.2, 0.25) is 0 Å². The lowest BCUT2D eigenvalue weighted by atomic mass is 9.82. The summed E-state index contributed by atoms with van der Waals surface area (Å²) in [6, 6.07) is 82.1. The number of rotatable bonds is 6. The van der Waals surface area contributed by atoms with Gasteiger partial charge in [0, 0.05) is 38.6 Å². The standard InChI is InChI=1S/C63H43NO/c1-63(2)56-24-10-8-18-49(56)50-35-34-47(39-57(50)63)64(46-17-12-16-44(38-46)42-28-26-41(27-29-42)40-14-4-3-5-15-40)45-32-30-43(31-33-45)48-22-13-23-52-54-36-37-59-62(55-21-9-11-25-58(55)65-59)61(54)53-20-7-6-19-51(53)60(48)52/h3-39H,1-2H3. The Morgan fingerprint density at radius 2 is 0.846 bits per heavy atom. The first kappa shape index (κ1) is 37.4. The van der Waals surface area contributed by atoms with Crippen LogP contribution in [-0.4, -0.2) is 0 Å². The van der Waals surface area contributed by atoms with Crippen LogP contribution in [-0.2, 0) is 5.41 Å². The van der Waals surface area contributed by atoms with Crippen LogP contribution in [0.25, 0.3) is 98.8 Å². The molecule has 12 aromatic rings. The van der Waals surface area contributed by atoms with E-state index in [1.165, 1.54) is 93.3 Å². The van der Waals surface area contributed by atoms with Crippen molar-refractivity contribution in [1.82, 2.24) is 0 Å². The molecule has 0 fully saturated rings. The lowest BCUT2D eigenvalue weighted by molar-refractivity contribution is 0.660. The number of fused-ring (bicyclic) bond motifs is 13. The molecule has 0 saturated carbocycles. The largest absolute Gasteiger partial charge is 0.456 e. The Morgan fingerprint density at radius 3 is 1.65 bits per heavy atom. The second-order valence-electron chi connectivity index (χ2n) is 18.0. The summed E-state index contributed by atoms with van der Waals surface area (Å²) >= 11 is 0. The quantitative estimate of drug-likeness (QED) is 0.155. The number of hydrogen-bond donors (Lipinski definition) is 0. The highest BCUT2D eigenvalue weighted by atomic mass is 16.3. The van der Waals surface area contributed by atoms with Crippen molar-refractivity contribution >= 4 is 71.3 Å². The Kier molecular flexibility index (Phi) is 8.29. The average Bonchev–Trinajstić information content (AvgIpc) is 3.86. The number of nitrogens with zero attached hydrogens (tertiary/aromatic N) is 1. The van der Waals surface area contributed by atoms with Crippen LogP contribution in [0.5, 0.6) is 0 Å². The van der Waals surface area contributed by atoms with Crippen molar-refractivity contribution in [3.8, 4) is 44.5 Å². The fourth-order valence-electron chi connectivity index (χ4n) is 10.9. The summed E-state index contributed by atoms with van der Waals surface area (Å²) in [7, 11) is 0. The summed E-state index contributed by atoms with van der Waals surface area (Å²) in [5.74, 6) is 0. The lowest BCUT2D eigenvalue weighted by Gasteiger charge is -2.28. The molecule has 65 heavy (non-hydrogen) atoms. The molecule has 0 aliphatic heterocycles. The molecule has 0 spiro atoms. The molecule has 2 nitrogen and oxygen atoms in total. The highest BCUT2D eigenvalue weighted by Crippen LogP contribution is 2.51. The SMILES string of the molecule is CC1(C)c2ccccc2-c2ccc(N(c3ccc(-c4cccc5c6ccc7oc8ccccc8c7c6c6ccccc6c45)cc3)c3cccc(-c4ccc(-c5ccccc5)cc4)c3)cc21. The van der Waals surface area contributed by atoms with Gasteiger partial charge in [-0.3, -0.25) is 0 Å². The molecule has 306 valence electrons. The summed E-state index contributed by atoms with van der Waals surface area (Å²) in [5.41, 5.74) is 17.6. The summed E-state index contributed by atoms with van der Waals surface area (Å²) < 4.78 is 6.40. The maximum atomic E-state index is 6.40. The van der Waals surface area contributed by atoms with Gasteiger partial charge >= 0.3 is 0 Å². The Hall–Kier alpha value is -8.20. The minimum Gasteiger partial charge on any atom is -0.456 e. The third-order valence-electron chi connectivity index (χ3n) is 14.1. The fraction of sp³-hybridized carbons (Fsp3) is 0.0476.